The third-order valence-electron chi connectivity index (χ3n) is 5.35. The molecule has 3 rings (SSSR count). The summed E-state index contributed by atoms with van der Waals surface area (Å²) in [5, 5.41) is 3.87. The summed E-state index contributed by atoms with van der Waals surface area (Å²) in [4.78, 5) is 24.6. The highest BCUT2D eigenvalue weighted by Crippen LogP contribution is 2.65. The van der Waals surface area contributed by atoms with Crippen LogP contribution in [0.25, 0.3) is 0 Å². The van der Waals surface area contributed by atoms with Gasteiger partial charge in [-0.2, -0.15) is 5.10 Å². The van der Waals surface area contributed by atoms with Gasteiger partial charge in [0.2, 0.25) is 0 Å². The Morgan fingerprint density at radius 1 is 1.38 bits per heavy atom. The van der Waals surface area contributed by atoms with Crippen LogP contribution in [-0.2, 0) is 14.3 Å². The highest BCUT2D eigenvalue weighted by molar-refractivity contribution is 5.96. The number of ether oxygens (including phenoxy) is 1. The van der Waals surface area contributed by atoms with Crippen molar-refractivity contribution in [3.05, 3.63) is 24.2 Å². The molecular weight excluding hydrogens is 272 g/mol. The van der Waals surface area contributed by atoms with E-state index in [-0.39, 0.29) is 11.9 Å². The molecule has 2 atom stereocenters. The van der Waals surface area contributed by atoms with Gasteiger partial charge in [-0.15, -0.1) is 0 Å². The molecule has 6 heteroatoms. The summed E-state index contributed by atoms with van der Waals surface area (Å²) in [5.41, 5.74) is 0.144. The molecule has 6 nitrogen and oxygen atoms in total. The number of furan rings is 1. The monoisotopic (exact) mass is 290 g/mol. The summed E-state index contributed by atoms with van der Waals surface area (Å²) in [7, 11) is 0. The third-order valence-corrected chi connectivity index (χ3v) is 5.35. The van der Waals surface area contributed by atoms with E-state index in [0.29, 0.717) is 18.6 Å². The Morgan fingerprint density at radius 3 is 2.67 bits per heavy atom. The minimum absolute atomic E-state index is 0.302. The Kier molecular flexibility index (Phi) is 2.77. The minimum atomic E-state index is -1.14. The molecule has 2 unspecified atom stereocenters. The van der Waals surface area contributed by atoms with Crippen LogP contribution in [0.15, 0.2) is 27.9 Å². The molecule has 1 aromatic heterocycles. The predicted octanol–water partition coefficient (Wildman–Crippen LogP) is 1.85. The molecule has 1 N–H and O–H groups in total. The number of hydrazone groups is 1. The normalized spacial score (nSPS) is 33.4. The van der Waals surface area contributed by atoms with Gasteiger partial charge in [0.05, 0.1) is 17.9 Å². The van der Waals surface area contributed by atoms with E-state index in [0.717, 1.165) is 0 Å². The molecule has 112 valence electrons. The van der Waals surface area contributed by atoms with E-state index in [9.17, 15) is 9.59 Å². The number of nitrogens with one attached hydrogen (secondary N) is 1. The van der Waals surface area contributed by atoms with Gasteiger partial charge in [-0.05, 0) is 31.9 Å². The Hall–Kier alpha value is -2.11. The zero-order valence-electron chi connectivity index (χ0n) is 12.3. The van der Waals surface area contributed by atoms with Crippen LogP contribution in [-0.4, -0.2) is 23.7 Å². The van der Waals surface area contributed by atoms with Crippen LogP contribution in [0, 0.1) is 10.8 Å². The molecule has 21 heavy (non-hydrogen) atoms. The van der Waals surface area contributed by atoms with E-state index < -0.39 is 16.4 Å². The predicted molar refractivity (Wildman–Crippen MR) is 74.4 cm³/mol. The molecule has 2 heterocycles. The van der Waals surface area contributed by atoms with Gasteiger partial charge in [0.25, 0.3) is 5.91 Å². The molecule has 1 amide bonds. The number of amides is 1. The number of carbonyl (C=O) groups is 2. The van der Waals surface area contributed by atoms with Crippen molar-refractivity contribution in [1.29, 1.82) is 0 Å². The molecule has 0 radical (unpaired) electrons. The number of carbonyl (C=O) groups excluding carboxylic acids is 2. The molecule has 1 aromatic rings. The lowest BCUT2D eigenvalue weighted by atomic mass is 9.66. The van der Waals surface area contributed by atoms with Gasteiger partial charge in [0, 0.05) is 5.41 Å². The van der Waals surface area contributed by atoms with Gasteiger partial charge in [0.1, 0.15) is 5.76 Å². The van der Waals surface area contributed by atoms with Crippen molar-refractivity contribution in [2.75, 3.05) is 0 Å². The van der Waals surface area contributed by atoms with E-state index in [4.69, 9.17) is 9.15 Å². The lowest BCUT2D eigenvalue weighted by Crippen LogP contribution is -2.52. The van der Waals surface area contributed by atoms with E-state index in [1.54, 1.807) is 12.1 Å². The van der Waals surface area contributed by atoms with Crippen LogP contribution in [0.5, 0.6) is 0 Å². The summed E-state index contributed by atoms with van der Waals surface area (Å²) >= 11 is 0. The molecule has 0 spiro atoms. The molecule has 1 aliphatic carbocycles. The second-order valence-corrected chi connectivity index (χ2v) is 6.39. The summed E-state index contributed by atoms with van der Waals surface area (Å²) in [6.07, 6.45) is 4.09. The van der Waals surface area contributed by atoms with Crippen LogP contribution >= 0.6 is 0 Å². The average Bonchev–Trinajstić information content (AvgIpc) is 3.04. The highest BCUT2D eigenvalue weighted by Gasteiger charge is 2.75. The summed E-state index contributed by atoms with van der Waals surface area (Å²) in [6.45, 7) is 5.67. The van der Waals surface area contributed by atoms with E-state index in [2.05, 4.69) is 10.5 Å². The molecule has 2 fully saturated rings. The SMILES string of the molecule is CC12CCC(C(=O)NN=Cc3ccco3)(OC1=O)C2(C)C. The third kappa shape index (κ3) is 1.61. The molecule has 2 bridgehead atoms. The second-order valence-electron chi connectivity index (χ2n) is 6.39. The van der Waals surface area contributed by atoms with Crippen molar-refractivity contribution >= 4 is 18.1 Å². The summed E-state index contributed by atoms with van der Waals surface area (Å²) < 4.78 is 10.6. The molecular formula is C15H18N2O4. The van der Waals surface area contributed by atoms with Crippen LogP contribution in [0.4, 0.5) is 0 Å². The Morgan fingerprint density at radius 2 is 2.14 bits per heavy atom. The van der Waals surface area contributed by atoms with Gasteiger partial charge in [-0.3, -0.25) is 9.59 Å². The fraction of sp³-hybridized carbons (Fsp3) is 0.533. The van der Waals surface area contributed by atoms with Crippen molar-refractivity contribution in [3.63, 3.8) is 0 Å². The molecule has 1 saturated carbocycles. The van der Waals surface area contributed by atoms with Gasteiger partial charge in [-0.25, -0.2) is 5.43 Å². The molecule has 1 saturated heterocycles. The summed E-state index contributed by atoms with van der Waals surface area (Å²) in [5.74, 6) is -0.152. The van der Waals surface area contributed by atoms with Crippen LogP contribution < -0.4 is 5.43 Å². The quantitative estimate of drug-likeness (QED) is 0.523. The highest BCUT2D eigenvalue weighted by atomic mass is 16.6. The van der Waals surface area contributed by atoms with Crippen molar-refractivity contribution in [2.45, 2.75) is 39.2 Å². The van der Waals surface area contributed by atoms with Crippen molar-refractivity contribution < 1.29 is 18.7 Å². The van der Waals surface area contributed by atoms with Crippen LogP contribution in [0.1, 0.15) is 39.4 Å². The minimum Gasteiger partial charge on any atom is -0.463 e. The first-order valence-corrected chi connectivity index (χ1v) is 6.94. The largest absolute Gasteiger partial charge is 0.463 e. The first kappa shape index (κ1) is 13.9. The molecule has 0 aromatic carbocycles. The molecule has 1 aliphatic heterocycles. The number of esters is 1. The van der Waals surface area contributed by atoms with Gasteiger partial charge < -0.3 is 9.15 Å². The smallest absolute Gasteiger partial charge is 0.313 e. The Balaban J connectivity index is 1.80. The number of hydrogen-bond donors (Lipinski definition) is 1. The van der Waals surface area contributed by atoms with Crippen molar-refractivity contribution in [1.82, 2.24) is 5.43 Å². The van der Waals surface area contributed by atoms with Gasteiger partial charge in [0.15, 0.2) is 5.60 Å². The topological polar surface area (TPSA) is 80.9 Å². The zero-order chi connectivity index (χ0) is 15.3. The van der Waals surface area contributed by atoms with Crippen LogP contribution in [0.3, 0.4) is 0 Å². The Bertz CT molecular complexity index is 620. The number of hydrogen-bond acceptors (Lipinski definition) is 5. The first-order valence-electron chi connectivity index (χ1n) is 6.94. The summed E-state index contributed by atoms with van der Waals surface area (Å²) in [6, 6.07) is 3.45. The zero-order valence-corrected chi connectivity index (χ0v) is 12.3. The Labute approximate surface area is 122 Å². The lowest BCUT2D eigenvalue weighted by molar-refractivity contribution is -0.168. The van der Waals surface area contributed by atoms with E-state index in [1.807, 2.05) is 20.8 Å². The standard InChI is InChI=1S/C15H18N2O4/c1-13(2)14(3)6-7-15(13,21-12(14)19)11(18)17-16-9-10-5-4-8-20-10/h4-5,8-9H,6-7H2,1-3H3,(H,17,18). The maximum absolute atomic E-state index is 12.5. The lowest BCUT2D eigenvalue weighted by Gasteiger charge is -2.34. The van der Waals surface area contributed by atoms with Crippen molar-refractivity contribution in [2.24, 2.45) is 15.9 Å². The maximum Gasteiger partial charge on any atom is 0.313 e. The number of nitrogens with zero attached hydrogens (tertiary/aromatic N) is 1. The van der Waals surface area contributed by atoms with Gasteiger partial charge in [-0.1, -0.05) is 13.8 Å². The number of fused-ring (bicyclic) bond motifs is 2. The first-order chi connectivity index (χ1) is 9.83. The van der Waals surface area contributed by atoms with Crippen LogP contribution in [0.2, 0.25) is 0 Å². The fourth-order valence-corrected chi connectivity index (χ4v) is 3.36. The number of rotatable bonds is 3. The fourth-order valence-electron chi connectivity index (χ4n) is 3.36. The van der Waals surface area contributed by atoms with Gasteiger partial charge >= 0.3 is 5.97 Å². The maximum atomic E-state index is 12.5. The average molecular weight is 290 g/mol. The molecule has 2 aliphatic rings. The second kappa shape index (κ2) is 4.19. The van der Waals surface area contributed by atoms with Crippen molar-refractivity contribution in [3.8, 4) is 0 Å². The van der Waals surface area contributed by atoms with E-state index in [1.165, 1.54) is 12.5 Å². The van der Waals surface area contributed by atoms with E-state index >= 15 is 0 Å².